The molecule has 3 fully saturated rings. The van der Waals surface area contributed by atoms with Gasteiger partial charge in [-0.15, -0.1) is 0 Å². The lowest BCUT2D eigenvalue weighted by Gasteiger charge is -2.04. The van der Waals surface area contributed by atoms with Crippen LogP contribution in [0, 0.1) is 35.4 Å². The molecule has 1 heteroatoms. The molecular formula is C16H17F. The molecule has 1 unspecified atom stereocenters. The van der Waals surface area contributed by atoms with Crippen molar-refractivity contribution in [3.8, 4) is 0 Å². The Morgan fingerprint density at radius 3 is 2.29 bits per heavy atom. The van der Waals surface area contributed by atoms with Gasteiger partial charge in [-0.1, -0.05) is 24.3 Å². The van der Waals surface area contributed by atoms with Crippen molar-refractivity contribution in [3.63, 3.8) is 0 Å². The first kappa shape index (κ1) is 9.87. The molecule has 0 nitrogen and oxygen atoms in total. The van der Waals surface area contributed by atoms with E-state index in [1.165, 1.54) is 31.4 Å². The van der Waals surface area contributed by atoms with Crippen LogP contribution in [0.4, 0.5) is 4.39 Å². The predicted octanol–water partition coefficient (Wildman–Crippen LogP) is 4.13. The number of allylic oxidation sites excluding steroid dienone is 1. The summed E-state index contributed by atoms with van der Waals surface area (Å²) < 4.78 is 12.8. The number of halogens is 1. The van der Waals surface area contributed by atoms with E-state index in [9.17, 15) is 4.39 Å². The standard InChI is InChI=1S/C16H17F/c17-13-6-1-10(2-7-13)3-8-14-15-11-4-5-12(9-11)16(14)15/h1-3,6-8,11-12,14-16H,4-5,9H2/b8-3+/t11-,12+,14?,15-,16+. The fraction of sp³-hybridized carbons (Fsp3) is 0.500. The molecule has 88 valence electrons. The highest BCUT2D eigenvalue weighted by atomic mass is 19.1. The zero-order valence-corrected chi connectivity index (χ0v) is 9.85. The average Bonchev–Trinajstić information content (AvgIpc) is 2.74. The fourth-order valence-electron chi connectivity index (χ4n) is 4.45. The molecule has 0 heterocycles. The van der Waals surface area contributed by atoms with E-state index in [0.717, 1.165) is 35.2 Å². The molecule has 5 atom stereocenters. The quantitative estimate of drug-likeness (QED) is 0.714. The number of rotatable bonds is 2. The van der Waals surface area contributed by atoms with E-state index >= 15 is 0 Å². The summed E-state index contributed by atoms with van der Waals surface area (Å²) in [5.74, 6) is 4.77. The molecule has 4 rings (SSSR count). The second-order valence-corrected chi connectivity index (χ2v) is 5.98. The van der Waals surface area contributed by atoms with Crippen molar-refractivity contribution in [2.75, 3.05) is 0 Å². The van der Waals surface area contributed by atoms with Crippen molar-refractivity contribution in [2.24, 2.45) is 29.6 Å². The van der Waals surface area contributed by atoms with Gasteiger partial charge in [0.2, 0.25) is 0 Å². The highest BCUT2D eigenvalue weighted by Crippen LogP contribution is 2.69. The highest BCUT2D eigenvalue weighted by molar-refractivity contribution is 5.50. The molecule has 3 aliphatic rings. The topological polar surface area (TPSA) is 0 Å². The molecule has 0 aromatic heterocycles. The lowest BCUT2D eigenvalue weighted by Crippen LogP contribution is -1.95. The third-order valence-electron chi connectivity index (χ3n) is 5.18. The average molecular weight is 228 g/mol. The summed E-state index contributed by atoms with van der Waals surface area (Å²) in [5.41, 5.74) is 1.13. The molecule has 3 saturated carbocycles. The van der Waals surface area contributed by atoms with Gasteiger partial charge in [0.05, 0.1) is 0 Å². The summed E-state index contributed by atoms with van der Waals surface area (Å²) >= 11 is 0. The van der Waals surface area contributed by atoms with Gasteiger partial charge in [0.1, 0.15) is 5.82 Å². The van der Waals surface area contributed by atoms with Crippen LogP contribution in [0.15, 0.2) is 30.3 Å². The molecule has 0 amide bonds. The SMILES string of the molecule is Fc1ccc(/C=C/C2[C@@H]3[C@H]4CC[C@H](C4)[C@H]23)cc1. The number of benzene rings is 1. The van der Waals surface area contributed by atoms with Gasteiger partial charge in [0.25, 0.3) is 0 Å². The monoisotopic (exact) mass is 228 g/mol. The lowest BCUT2D eigenvalue weighted by molar-refractivity contribution is 0.456. The molecule has 1 aromatic carbocycles. The summed E-state index contributed by atoms with van der Waals surface area (Å²) in [7, 11) is 0. The zero-order chi connectivity index (χ0) is 11.4. The van der Waals surface area contributed by atoms with Crippen LogP contribution < -0.4 is 0 Å². The molecule has 0 saturated heterocycles. The summed E-state index contributed by atoms with van der Waals surface area (Å²) in [6.07, 6.45) is 9.03. The second-order valence-electron chi connectivity index (χ2n) is 5.98. The minimum Gasteiger partial charge on any atom is -0.207 e. The minimum atomic E-state index is -0.150. The van der Waals surface area contributed by atoms with E-state index in [1.54, 1.807) is 0 Å². The van der Waals surface area contributed by atoms with Crippen molar-refractivity contribution >= 4 is 6.08 Å². The maximum Gasteiger partial charge on any atom is 0.123 e. The second kappa shape index (κ2) is 3.44. The molecule has 2 bridgehead atoms. The normalized spacial score (nSPS) is 42.1. The van der Waals surface area contributed by atoms with Crippen LogP contribution in [-0.4, -0.2) is 0 Å². The van der Waals surface area contributed by atoms with E-state index in [4.69, 9.17) is 0 Å². The van der Waals surface area contributed by atoms with Gasteiger partial charge in [-0.2, -0.15) is 0 Å². The maximum atomic E-state index is 12.8. The Kier molecular flexibility index (Phi) is 2.00. The summed E-state index contributed by atoms with van der Waals surface area (Å²) in [5, 5.41) is 0. The smallest absolute Gasteiger partial charge is 0.123 e. The van der Waals surface area contributed by atoms with Crippen molar-refractivity contribution in [3.05, 3.63) is 41.7 Å². The largest absolute Gasteiger partial charge is 0.207 e. The summed E-state index contributed by atoms with van der Waals surface area (Å²) in [6.45, 7) is 0. The van der Waals surface area contributed by atoms with E-state index in [2.05, 4.69) is 12.2 Å². The lowest BCUT2D eigenvalue weighted by atomic mass is 10.0. The van der Waals surface area contributed by atoms with Crippen molar-refractivity contribution < 1.29 is 4.39 Å². The first-order valence-corrected chi connectivity index (χ1v) is 6.77. The minimum absolute atomic E-state index is 0.150. The molecule has 0 N–H and O–H groups in total. The van der Waals surface area contributed by atoms with E-state index in [-0.39, 0.29) is 5.82 Å². The Hall–Kier alpha value is -1.11. The van der Waals surface area contributed by atoms with Crippen LogP contribution in [0.2, 0.25) is 0 Å². The van der Waals surface area contributed by atoms with Crippen LogP contribution >= 0.6 is 0 Å². The fourth-order valence-corrected chi connectivity index (χ4v) is 4.45. The first-order chi connectivity index (χ1) is 8.33. The maximum absolute atomic E-state index is 12.8. The third-order valence-corrected chi connectivity index (χ3v) is 5.18. The van der Waals surface area contributed by atoms with E-state index in [0.29, 0.717) is 0 Å². The van der Waals surface area contributed by atoms with Gasteiger partial charge < -0.3 is 0 Å². The molecule has 0 aliphatic heterocycles. The zero-order valence-electron chi connectivity index (χ0n) is 9.85. The van der Waals surface area contributed by atoms with Crippen LogP contribution in [0.5, 0.6) is 0 Å². The molecule has 1 aromatic rings. The van der Waals surface area contributed by atoms with Crippen molar-refractivity contribution in [1.29, 1.82) is 0 Å². The summed E-state index contributed by atoms with van der Waals surface area (Å²) in [4.78, 5) is 0. The highest BCUT2D eigenvalue weighted by Gasteiger charge is 2.63. The summed E-state index contributed by atoms with van der Waals surface area (Å²) in [6, 6.07) is 6.80. The van der Waals surface area contributed by atoms with Crippen LogP contribution in [0.25, 0.3) is 6.08 Å². The van der Waals surface area contributed by atoms with Crippen molar-refractivity contribution in [1.82, 2.24) is 0 Å². The predicted molar refractivity (Wildman–Crippen MR) is 66.7 cm³/mol. The van der Waals surface area contributed by atoms with Gasteiger partial charge in [0.15, 0.2) is 0 Å². The van der Waals surface area contributed by atoms with Gasteiger partial charge >= 0.3 is 0 Å². The van der Waals surface area contributed by atoms with Crippen LogP contribution in [-0.2, 0) is 0 Å². The molecule has 0 radical (unpaired) electrons. The van der Waals surface area contributed by atoms with E-state index in [1.807, 2.05) is 12.1 Å². The van der Waals surface area contributed by atoms with Crippen LogP contribution in [0.3, 0.4) is 0 Å². The number of hydrogen-bond donors (Lipinski definition) is 0. The number of hydrogen-bond acceptors (Lipinski definition) is 0. The van der Waals surface area contributed by atoms with Gasteiger partial charge in [-0.05, 0) is 66.5 Å². The molecule has 17 heavy (non-hydrogen) atoms. The molecule has 0 spiro atoms. The molecular weight excluding hydrogens is 211 g/mol. The Bertz CT molecular complexity index is 443. The number of fused-ring (bicyclic) bond motifs is 5. The van der Waals surface area contributed by atoms with Gasteiger partial charge in [-0.25, -0.2) is 4.39 Å². The van der Waals surface area contributed by atoms with E-state index < -0.39 is 0 Å². The molecule has 3 aliphatic carbocycles. The Balaban J connectivity index is 1.47. The van der Waals surface area contributed by atoms with Crippen LogP contribution in [0.1, 0.15) is 24.8 Å². The van der Waals surface area contributed by atoms with Gasteiger partial charge in [-0.3, -0.25) is 0 Å². The van der Waals surface area contributed by atoms with Crippen molar-refractivity contribution in [2.45, 2.75) is 19.3 Å². The Morgan fingerprint density at radius 2 is 1.65 bits per heavy atom. The first-order valence-electron chi connectivity index (χ1n) is 6.77. The Labute approximate surface area is 102 Å². The Morgan fingerprint density at radius 1 is 1.00 bits per heavy atom. The third kappa shape index (κ3) is 1.48. The van der Waals surface area contributed by atoms with Gasteiger partial charge in [0, 0.05) is 0 Å².